The molecular formula is C61H130N6O18. The lowest BCUT2D eigenvalue weighted by atomic mass is 9.89. The van der Waals surface area contributed by atoms with Crippen LogP contribution < -0.4 is 17.2 Å². The molecule has 1 aromatic heterocycles. The van der Waals surface area contributed by atoms with E-state index in [1.54, 1.807) is 7.11 Å². The highest BCUT2D eigenvalue weighted by Crippen LogP contribution is 2.20. The number of ketones is 1. The van der Waals surface area contributed by atoms with Crippen molar-refractivity contribution in [2.24, 2.45) is 28.0 Å². The minimum atomic E-state index is -0.288. The normalized spacial score (nSPS) is 12.0. The fourth-order valence-electron chi connectivity index (χ4n) is 5.69. The third-order valence-electron chi connectivity index (χ3n) is 10.3. The van der Waals surface area contributed by atoms with Crippen LogP contribution in [0.3, 0.4) is 0 Å². The summed E-state index contributed by atoms with van der Waals surface area (Å²) in [5.41, 5.74) is 16.8. The number of aliphatic hydroxyl groups excluding tert-OH is 1. The zero-order valence-electron chi connectivity index (χ0n) is 56.7. The van der Waals surface area contributed by atoms with Crippen LogP contribution in [0.1, 0.15) is 129 Å². The van der Waals surface area contributed by atoms with Crippen LogP contribution in [-0.2, 0) is 92.5 Å². The highest BCUT2D eigenvalue weighted by atomic mass is 16.6. The Morgan fingerprint density at radius 1 is 0.435 bits per heavy atom. The number of hydrogen-bond donors (Lipinski definition) is 4. The fraction of sp³-hybridized carbons (Fsp3) is 0.951. The van der Waals surface area contributed by atoms with Crippen LogP contribution in [0.4, 0.5) is 0 Å². The van der Waals surface area contributed by atoms with E-state index in [4.69, 9.17) is 98.1 Å². The smallest absolute Gasteiger partial charge is 0.140 e. The number of aliphatic hydroxyl groups is 1. The van der Waals surface area contributed by atoms with E-state index >= 15 is 0 Å². The van der Waals surface area contributed by atoms with Crippen molar-refractivity contribution >= 4 is 5.78 Å². The molecule has 1 aromatic rings. The van der Waals surface area contributed by atoms with Crippen molar-refractivity contribution in [1.82, 2.24) is 15.0 Å². The molecule has 7 N–H and O–H groups in total. The van der Waals surface area contributed by atoms with Crippen LogP contribution in [0.25, 0.3) is 0 Å². The summed E-state index contributed by atoms with van der Waals surface area (Å²) in [6, 6.07) is 0. The van der Waals surface area contributed by atoms with Gasteiger partial charge in [0.2, 0.25) is 0 Å². The van der Waals surface area contributed by atoms with Gasteiger partial charge >= 0.3 is 0 Å². The van der Waals surface area contributed by atoms with Gasteiger partial charge in [0.05, 0.1) is 215 Å². The summed E-state index contributed by atoms with van der Waals surface area (Å²) >= 11 is 0. The van der Waals surface area contributed by atoms with Crippen molar-refractivity contribution in [1.29, 1.82) is 0 Å². The summed E-state index contributed by atoms with van der Waals surface area (Å²) in [7, 11) is 1.65. The fourth-order valence-corrected chi connectivity index (χ4v) is 5.69. The molecular weight excluding hydrogens is 1100 g/mol. The first-order valence-corrected chi connectivity index (χ1v) is 30.6. The molecule has 0 aromatic carbocycles. The third-order valence-corrected chi connectivity index (χ3v) is 10.3. The van der Waals surface area contributed by atoms with E-state index in [-0.39, 0.29) is 34.4 Å². The Labute approximate surface area is 516 Å². The average Bonchev–Trinajstić information content (AvgIpc) is 4.11. The number of nitrogens with zero attached hydrogens (tertiary/aromatic N) is 3. The van der Waals surface area contributed by atoms with Crippen molar-refractivity contribution < 1.29 is 85.7 Å². The van der Waals surface area contributed by atoms with Gasteiger partial charge in [-0.15, -0.1) is 5.10 Å². The van der Waals surface area contributed by atoms with E-state index in [0.717, 1.165) is 18.7 Å². The summed E-state index contributed by atoms with van der Waals surface area (Å²) in [5.74, 6) is 0.209. The predicted molar refractivity (Wildman–Crippen MR) is 335 cm³/mol. The number of hydrogen-bond acceptors (Lipinski definition) is 23. The molecule has 0 atom stereocenters. The van der Waals surface area contributed by atoms with Crippen molar-refractivity contribution in [2.75, 3.05) is 225 Å². The van der Waals surface area contributed by atoms with Crippen molar-refractivity contribution in [3.8, 4) is 0 Å². The topological polar surface area (TPSA) is 294 Å². The van der Waals surface area contributed by atoms with Crippen LogP contribution in [-0.4, -0.2) is 262 Å². The number of carbonyl (C=O) groups excluding carboxylic acids is 1. The summed E-state index contributed by atoms with van der Waals surface area (Å²) in [5, 5.41) is 16.7. The molecule has 0 aliphatic rings. The number of nitrogens with two attached hydrogens (primary N) is 3. The van der Waals surface area contributed by atoms with Gasteiger partial charge in [-0.3, -0.25) is 4.79 Å². The molecule has 0 amide bonds. The molecule has 0 spiro atoms. The molecule has 0 unspecified atom stereocenters. The minimum Gasteiger partial charge on any atom is -0.394 e. The second-order valence-electron chi connectivity index (χ2n) is 24.2. The van der Waals surface area contributed by atoms with E-state index in [0.29, 0.717) is 223 Å². The average molecular weight is 1240 g/mol. The lowest BCUT2D eigenvalue weighted by Gasteiger charge is -2.19. The van der Waals surface area contributed by atoms with Gasteiger partial charge in [0.15, 0.2) is 0 Å². The molecule has 0 aliphatic heterocycles. The zero-order chi connectivity index (χ0) is 64.8. The number of carbonyl (C=O) groups is 1. The second kappa shape index (κ2) is 62.2. The van der Waals surface area contributed by atoms with Gasteiger partial charge in [0.1, 0.15) is 5.78 Å². The van der Waals surface area contributed by atoms with Gasteiger partial charge in [-0.25, -0.2) is 4.68 Å². The minimum absolute atomic E-state index is 0.0261. The van der Waals surface area contributed by atoms with Gasteiger partial charge in [-0.05, 0) is 59.8 Å². The van der Waals surface area contributed by atoms with Gasteiger partial charge in [-0.1, -0.05) is 67.5 Å². The molecule has 0 bridgehead atoms. The van der Waals surface area contributed by atoms with E-state index in [9.17, 15) is 4.79 Å². The van der Waals surface area contributed by atoms with E-state index in [1.165, 1.54) is 6.42 Å². The van der Waals surface area contributed by atoms with Crippen LogP contribution in [0.15, 0.2) is 6.20 Å². The van der Waals surface area contributed by atoms with Gasteiger partial charge in [0, 0.05) is 56.8 Å². The molecule has 1 heterocycles. The summed E-state index contributed by atoms with van der Waals surface area (Å²) in [6.45, 7) is 50.2. The lowest BCUT2D eigenvalue weighted by Crippen LogP contribution is -2.22. The van der Waals surface area contributed by atoms with Gasteiger partial charge in [0.25, 0.3) is 0 Å². The van der Waals surface area contributed by atoms with Crippen molar-refractivity contribution in [3.05, 3.63) is 11.9 Å². The molecule has 0 radical (unpaired) electrons. The van der Waals surface area contributed by atoms with Gasteiger partial charge in [-0.2, -0.15) is 0 Å². The highest BCUT2D eigenvalue weighted by molar-refractivity contribution is 5.83. The molecule has 0 saturated heterocycles. The van der Waals surface area contributed by atoms with Crippen LogP contribution in [0.2, 0.25) is 0 Å². The lowest BCUT2D eigenvalue weighted by molar-refractivity contribution is -0.127. The Morgan fingerprint density at radius 3 is 1.06 bits per heavy atom. The van der Waals surface area contributed by atoms with Gasteiger partial charge < -0.3 is 98.1 Å². The SMILES string of the molecule is CC(C)(C)C(=O)CCOCCOCCOCCO.CC(C)(C)CCCOCCOCCOCCN.CC(C)(C)OCCOCCN.CC(C)(C)OCCOCCOCCOCCN.COCCOCCOCCOCCn1cc(C(C)(C)C)nn1. The Bertz CT molecular complexity index is 1450. The van der Waals surface area contributed by atoms with Crippen LogP contribution in [0.5, 0.6) is 0 Å². The van der Waals surface area contributed by atoms with E-state index in [1.807, 2.05) is 73.2 Å². The first-order chi connectivity index (χ1) is 40.2. The second-order valence-corrected chi connectivity index (χ2v) is 24.2. The maximum atomic E-state index is 11.6. The molecule has 1 rings (SSSR count). The molecule has 0 saturated carbocycles. The largest absolute Gasteiger partial charge is 0.394 e. The summed E-state index contributed by atoms with van der Waals surface area (Å²) in [6.07, 6.45) is 4.73. The number of methoxy groups -OCH3 is 1. The summed E-state index contributed by atoms with van der Waals surface area (Å²) in [4.78, 5) is 11.6. The number of rotatable bonds is 50. The molecule has 24 nitrogen and oxygen atoms in total. The van der Waals surface area contributed by atoms with E-state index < -0.39 is 0 Å². The molecule has 0 fully saturated rings. The molecule has 24 heteroatoms. The van der Waals surface area contributed by atoms with E-state index in [2.05, 4.69) is 51.9 Å². The predicted octanol–water partition coefficient (Wildman–Crippen LogP) is 5.71. The Hall–Kier alpha value is -1.99. The number of aromatic nitrogens is 3. The number of ether oxygens (including phenoxy) is 16. The molecule has 0 aliphatic carbocycles. The first-order valence-electron chi connectivity index (χ1n) is 30.6. The third kappa shape index (κ3) is 82.0. The quantitative estimate of drug-likeness (QED) is 0.0568. The highest BCUT2D eigenvalue weighted by Gasteiger charge is 2.20. The van der Waals surface area contributed by atoms with Crippen molar-refractivity contribution in [2.45, 2.75) is 146 Å². The Kier molecular flexibility index (Phi) is 65.5. The standard InChI is InChI=1S/C15H29N3O4.C13H29NO3.C13H26O5.C12H27NO4.C8H19NO2/c1-15(2,3)14-13-18(17-16-14)5-6-20-9-10-22-12-11-21-8-7-19-4;1-13(2,3)5-4-7-15-9-11-17-12-10-16-8-6-14;1-13(2,3)12(15)4-6-16-8-10-18-11-9-17-7-5-14;1-12(2,3)17-11-10-16-9-8-15-7-6-14-5-4-13;1-8(2,3)11-7-6-10-5-4-9/h13H,5-12H2,1-4H3;4-12,14H2,1-3H3;14H,4-11H2,1-3H3;4-11,13H2,1-3H3;4-7,9H2,1-3H3. The number of Topliss-reactive ketones (excluding diaryl/α,β-unsaturated/α-hetero) is 1. The maximum absolute atomic E-state index is 11.6. The maximum Gasteiger partial charge on any atom is 0.140 e. The molecule has 512 valence electrons. The van der Waals surface area contributed by atoms with Crippen molar-refractivity contribution in [3.63, 3.8) is 0 Å². The molecule has 85 heavy (non-hydrogen) atoms. The van der Waals surface area contributed by atoms with Crippen LogP contribution >= 0.6 is 0 Å². The summed E-state index contributed by atoms with van der Waals surface area (Å²) < 4.78 is 86.2. The Morgan fingerprint density at radius 2 is 0.753 bits per heavy atom. The monoisotopic (exact) mass is 1230 g/mol. The first kappa shape index (κ1) is 89.4. The van der Waals surface area contributed by atoms with Crippen LogP contribution in [0, 0.1) is 10.8 Å². The Balaban J connectivity index is -0.000000490. The zero-order valence-corrected chi connectivity index (χ0v) is 56.7.